The molecule has 1 N–H and O–H groups in total. The molecule has 1 fully saturated rings. The average molecular weight is 268 g/mol. The lowest BCUT2D eigenvalue weighted by Crippen LogP contribution is -2.39. The number of carbonyl (C=O) groups excluding carboxylic acids is 1. The Morgan fingerprint density at radius 2 is 2.44 bits per heavy atom. The zero-order chi connectivity index (χ0) is 13.0. The number of piperidine rings is 1. The highest BCUT2D eigenvalue weighted by Crippen LogP contribution is 2.13. The SMILES string of the molecule is CN(CC1CCCNC1)C(=O)c1ccc(Cl)cn1. The van der Waals surface area contributed by atoms with Crippen LogP contribution in [0.2, 0.25) is 5.02 Å². The third-order valence-corrected chi connectivity index (χ3v) is 3.45. The van der Waals surface area contributed by atoms with Crippen LogP contribution >= 0.6 is 11.6 Å². The van der Waals surface area contributed by atoms with Gasteiger partial charge in [0.25, 0.3) is 5.91 Å². The molecule has 0 radical (unpaired) electrons. The molecule has 1 amide bonds. The van der Waals surface area contributed by atoms with E-state index >= 15 is 0 Å². The molecule has 2 rings (SSSR count). The molecule has 0 spiro atoms. The fourth-order valence-electron chi connectivity index (χ4n) is 2.25. The highest BCUT2D eigenvalue weighted by atomic mass is 35.5. The average Bonchev–Trinajstić information content (AvgIpc) is 2.40. The van der Waals surface area contributed by atoms with Gasteiger partial charge in [0.2, 0.25) is 0 Å². The van der Waals surface area contributed by atoms with Gasteiger partial charge in [-0.1, -0.05) is 11.6 Å². The summed E-state index contributed by atoms with van der Waals surface area (Å²) in [5.41, 5.74) is 0.450. The number of amides is 1. The zero-order valence-electron chi connectivity index (χ0n) is 10.5. The molecule has 5 heteroatoms. The molecule has 4 nitrogen and oxygen atoms in total. The molecule has 1 atom stereocenters. The first kappa shape index (κ1) is 13.3. The van der Waals surface area contributed by atoms with Crippen molar-refractivity contribution in [1.29, 1.82) is 0 Å². The highest BCUT2D eigenvalue weighted by molar-refractivity contribution is 6.30. The molecule has 1 unspecified atom stereocenters. The first-order chi connectivity index (χ1) is 8.66. The first-order valence-corrected chi connectivity index (χ1v) is 6.62. The van der Waals surface area contributed by atoms with Gasteiger partial charge in [-0.3, -0.25) is 4.79 Å². The van der Waals surface area contributed by atoms with Gasteiger partial charge in [0.15, 0.2) is 0 Å². The molecule has 1 aliphatic heterocycles. The van der Waals surface area contributed by atoms with Crippen LogP contribution in [0.4, 0.5) is 0 Å². The minimum absolute atomic E-state index is 0.0442. The molecular weight excluding hydrogens is 250 g/mol. The van der Waals surface area contributed by atoms with Crippen molar-refractivity contribution in [3.05, 3.63) is 29.0 Å². The van der Waals surface area contributed by atoms with Gasteiger partial charge in [-0.15, -0.1) is 0 Å². The summed E-state index contributed by atoms with van der Waals surface area (Å²) in [6.45, 7) is 2.86. The molecule has 0 saturated carbocycles. The summed E-state index contributed by atoms with van der Waals surface area (Å²) in [5, 5.41) is 3.90. The normalized spacial score (nSPS) is 19.6. The molecule has 0 aliphatic carbocycles. The molecular formula is C13H18ClN3O. The summed E-state index contributed by atoms with van der Waals surface area (Å²) < 4.78 is 0. The number of halogens is 1. The Bertz CT molecular complexity index is 401. The van der Waals surface area contributed by atoms with E-state index in [1.165, 1.54) is 19.0 Å². The number of nitrogens with zero attached hydrogens (tertiary/aromatic N) is 2. The number of carbonyl (C=O) groups is 1. The van der Waals surface area contributed by atoms with Crippen LogP contribution in [-0.4, -0.2) is 42.5 Å². The third kappa shape index (κ3) is 3.43. The highest BCUT2D eigenvalue weighted by Gasteiger charge is 2.19. The van der Waals surface area contributed by atoms with Crippen molar-refractivity contribution in [2.75, 3.05) is 26.7 Å². The maximum absolute atomic E-state index is 12.1. The summed E-state index contributed by atoms with van der Waals surface area (Å²) in [6.07, 6.45) is 3.87. The van der Waals surface area contributed by atoms with E-state index in [1.807, 2.05) is 7.05 Å². The maximum Gasteiger partial charge on any atom is 0.272 e. The van der Waals surface area contributed by atoms with E-state index in [9.17, 15) is 4.79 Å². The van der Waals surface area contributed by atoms with Gasteiger partial charge < -0.3 is 10.2 Å². The lowest BCUT2D eigenvalue weighted by Gasteiger charge is -2.27. The van der Waals surface area contributed by atoms with Gasteiger partial charge in [0.05, 0.1) is 5.02 Å². The van der Waals surface area contributed by atoms with Gasteiger partial charge in [-0.25, -0.2) is 4.98 Å². The predicted molar refractivity (Wildman–Crippen MR) is 71.8 cm³/mol. The Kier molecular flexibility index (Phi) is 4.55. The van der Waals surface area contributed by atoms with E-state index in [-0.39, 0.29) is 5.91 Å². The second kappa shape index (κ2) is 6.16. The van der Waals surface area contributed by atoms with Gasteiger partial charge in [0.1, 0.15) is 5.69 Å². The van der Waals surface area contributed by atoms with Crippen LogP contribution in [0.15, 0.2) is 18.3 Å². The number of nitrogens with one attached hydrogen (secondary N) is 1. The van der Waals surface area contributed by atoms with E-state index < -0.39 is 0 Å². The molecule has 1 aromatic heterocycles. The second-order valence-electron chi connectivity index (χ2n) is 4.76. The Balaban J connectivity index is 1.93. The predicted octanol–water partition coefficient (Wildman–Crippen LogP) is 1.81. The quantitative estimate of drug-likeness (QED) is 0.908. The number of rotatable bonds is 3. The second-order valence-corrected chi connectivity index (χ2v) is 5.20. The van der Waals surface area contributed by atoms with Crippen LogP contribution in [-0.2, 0) is 0 Å². The minimum Gasteiger partial charge on any atom is -0.340 e. The van der Waals surface area contributed by atoms with Crippen molar-refractivity contribution in [1.82, 2.24) is 15.2 Å². The Hall–Kier alpha value is -1.13. The fourth-order valence-corrected chi connectivity index (χ4v) is 2.36. The van der Waals surface area contributed by atoms with E-state index in [0.29, 0.717) is 16.6 Å². The van der Waals surface area contributed by atoms with Crippen molar-refractivity contribution in [2.45, 2.75) is 12.8 Å². The van der Waals surface area contributed by atoms with Crippen LogP contribution in [0.25, 0.3) is 0 Å². The molecule has 98 valence electrons. The largest absolute Gasteiger partial charge is 0.340 e. The van der Waals surface area contributed by atoms with Gasteiger partial charge in [-0.05, 0) is 44.0 Å². The molecule has 2 heterocycles. The van der Waals surface area contributed by atoms with Crippen LogP contribution in [0.3, 0.4) is 0 Å². The Morgan fingerprint density at radius 1 is 1.61 bits per heavy atom. The standard InChI is InChI=1S/C13H18ClN3O/c1-17(9-10-3-2-6-15-7-10)13(18)12-5-4-11(14)8-16-12/h4-5,8,10,15H,2-3,6-7,9H2,1H3. The van der Waals surface area contributed by atoms with Gasteiger partial charge in [0, 0.05) is 19.8 Å². The lowest BCUT2D eigenvalue weighted by atomic mass is 9.99. The van der Waals surface area contributed by atoms with E-state index in [1.54, 1.807) is 17.0 Å². The molecule has 18 heavy (non-hydrogen) atoms. The summed E-state index contributed by atoms with van der Waals surface area (Å²) >= 11 is 5.76. The molecule has 1 aromatic rings. The van der Waals surface area contributed by atoms with E-state index in [0.717, 1.165) is 19.6 Å². The van der Waals surface area contributed by atoms with Crippen molar-refractivity contribution in [2.24, 2.45) is 5.92 Å². The Labute approximate surface area is 112 Å². The summed E-state index contributed by atoms with van der Waals surface area (Å²) in [4.78, 5) is 17.9. The fraction of sp³-hybridized carbons (Fsp3) is 0.538. The monoisotopic (exact) mass is 267 g/mol. The first-order valence-electron chi connectivity index (χ1n) is 6.24. The summed E-state index contributed by atoms with van der Waals surface area (Å²) in [5.74, 6) is 0.497. The molecule has 1 saturated heterocycles. The third-order valence-electron chi connectivity index (χ3n) is 3.22. The van der Waals surface area contributed by atoms with Crippen molar-refractivity contribution in [3.8, 4) is 0 Å². The summed E-state index contributed by atoms with van der Waals surface area (Å²) in [7, 11) is 1.83. The minimum atomic E-state index is -0.0442. The van der Waals surface area contributed by atoms with Crippen LogP contribution < -0.4 is 5.32 Å². The Morgan fingerprint density at radius 3 is 3.06 bits per heavy atom. The topological polar surface area (TPSA) is 45.2 Å². The van der Waals surface area contributed by atoms with E-state index in [2.05, 4.69) is 10.3 Å². The maximum atomic E-state index is 12.1. The van der Waals surface area contributed by atoms with Crippen molar-refractivity contribution < 1.29 is 4.79 Å². The zero-order valence-corrected chi connectivity index (χ0v) is 11.3. The number of pyridine rings is 1. The van der Waals surface area contributed by atoms with Crippen LogP contribution in [0, 0.1) is 5.92 Å². The smallest absolute Gasteiger partial charge is 0.272 e. The van der Waals surface area contributed by atoms with Crippen LogP contribution in [0.1, 0.15) is 23.3 Å². The molecule has 0 aromatic carbocycles. The van der Waals surface area contributed by atoms with Gasteiger partial charge >= 0.3 is 0 Å². The number of aromatic nitrogens is 1. The lowest BCUT2D eigenvalue weighted by molar-refractivity contribution is 0.0759. The van der Waals surface area contributed by atoms with E-state index in [4.69, 9.17) is 11.6 Å². The summed E-state index contributed by atoms with van der Waals surface area (Å²) in [6, 6.07) is 3.36. The number of hydrogen-bond acceptors (Lipinski definition) is 3. The molecule has 0 bridgehead atoms. The van der Waals surface area contributed by atoms with Crippen LogP contribution in [0.5, 0.6) is 0 Å². The number of hydrogen-bond donors (Lipinski definition) is 1. The van der Waals surface area contributed by atoms with Crippen molar-refractivity contribution >= 4 is 17.5 Å². The van der Waals surface area contributed by atoms with Crippen molar-refractivity contribution in [3.63, 3.8) is 0 Å². The van der Waals surface area contributed by atoms with Gasteiger partial charge in [-0.2, -0.15) is 0 Å². The molecule has 1 aliphatic rings.